The van der Waals surface area contributed by atoms with Crippen molar-refractivity contribution in [1.29, 1.82) is 0 Å². The fourth-order valence-electron chi connectivity index (χ4n) is 4.98. The van der Waals surface area contributed by atoms with E-state index in [-0.39, 0.29) is 26.2 Å². The molecule has 1 heteroatoms. The van der Waals surface area contributed by atoms with Crippen molar-refractivity contribution in [2.24, 2.45) is 17.8 Å². The first-order valence-electron chi connectivity index (χ1n) is 11.2. The molecule has 0 aliphatic heterocycles. The molecule has 30 heavy (non-hydrogen) atoms. The first kappa shape index (κ1) is 23.1. The Bertz CT molecular complexity index is 888. The van der Waals surface area contributed by atoms with Crippen molar-refractivity contribution >= 4 is 10.8 Å². The van der Waals surface area contributed by atoms with Gasteiger partial charge in [-0.15, -0.1) is 67.3 Å². The van der Waals surface area contributed by atoms with Crippen LogP contribution in [0.1, 0.15) is 46.0 Å². The minimum Gasteiger partial charge on any atom is -0.227 e. The van der Waals surface area contributed by atoms with Gasteiger partial charge in [0.05, 0.1) is 0 Å². The molecule has 2 aromatic rings. The minimum absolute atomic E-state index is 0. The topological polar surface area (TPSA) is 0 Å². The summed E-state index contributed by atoms with van der Waals surface area (Å²) < 4.78 is 0. The van der Waals surface area contributed by atoms with Crippen molar-refractivity contribution in [3.63, 3.8) is 0 Å². The van der Waals surface area contributed by atoms with E-state index < -0.39 is 0 Å². The van der Waals surface area contributed by atoms with Crippen LogP contribution in [0.3, 0.4) is 0 Å². The van der Waals surface area contributed by atoms with E-state index in [0.717, 1.165) is 17.8 Å². The molecule has 0 aromatic heterocycles. The molecule has 3 unspecified atom stereocenters. The van der Waals surface area contributed by atoms with Crippen molar-refractivity contribution in [2.45, 2.75) is 46.0 Å². The third kappa shape index (κ3) is 5.56. The van der Waals surface area contributed by atoms with Crippen molar-refractivity contribution in [1.82, 2.24) is 0 Å². The number of hydrogen-bond acceptors (Lipinski definition) is 0. The van der Waals surface area contributed by atoms with Crippen LogP contribution in [0.25, 0.3) is 10.8 Å². The van der Waals surface area contributed by atoms with Crippen molar-refractivity contribution < 1.29 is 26.2 Å². The molecule has 4 aliphatic rings. The molecular formula is C29H33Zr. The molecular weight excluding hydrogens is 440 g/mol. The van der Waals surface area contributed by atoms with Crippen LogP contribution in [0.4, 0.5) is 0 Å². The molecule has 0 spiro atoms. The van der Waals surface area contributed by atoms with Crippen molar-refractivity contribution in [2.75, 3.05) is 0 Å². The van der Waals surface area contributed by atoms with E-state index in [2.05, 4.69) is 99.2 Å². The number of allylic oxidation sites excluding steroid dienone is 8. The molecule has 0 bridgehead atoms. The summed E-state index contributed by atoms with van der Waals surface area (Å²) in [5, 5.41) is 2.66. The van der Waals surface area contributed by atoms with Gasteiger partial charge in [-0.1, -0.05) is 31.7 Å². The molecule has 2 saturated carbocycles. The molecule has 0 amide bonds. The average Bonchev–Trinajstić information content (AvgIpc) is 3.49. The molecule has 0 saturated heterocycles. The molecule has 4 aliphatic carbocycles. The van der Waals surface area contributed by atoms with Gasteiger partial charge in [0, 0.05) is 0 Å². The standard InChI is InChI=1S/C11H15.C9H11.C9H7.Zr/c1-8-7-10-5-3-4-6-11(10)9(8)2;2*1-2-5-9-7-3-6-8(9)4-1;/h3-4,6,8,10H,5,7H2,1-2H3;1-2,4,6,9H,3,5,7H2;1-7H;/q3*-1;+3. The molecule has 0 nitrogen and oxygen atoms in total. The summed E-state index contributed by atoms with van der Waals surface area (Å²) >= 11 is 0. The second-order valence-electron chi connectivity index (χ2n) is 8.77. The smallest absolute Gasteiger partial charge is 0.227 e. The van der Waals surface area contributed by atoms with Gasteiger partial charge in [0.1, 0.15) is 0 Å². The maximum absolute atomic E-state index is 2.37. The van der Waals surface area contributed by atoms with Crippen molar-refractivity contribution in [3.8, 4) is 0 Å². The predicted octanol–water partition coefficient (Wildman–Crippen LogP) is 8.17. The SMILES string of the molecule is C1=CCC2CC[CH-]C2=C1.C[C-]1C2=CC=CCC2CC1C.[Zr+3].c1ccc2[cH-]ccc2c1. The first-order valence-corrected chi connectivity index (χ1v) is 11.2. The minimum atomic E-state index is 0. The summed E-state index contributed by atoms with van der Waals surface area (Å²) in [7, 11) is 0. The van der Waals surface area contributed by atoms with Gasteiger partial charge in [0.15, 0.2) is 0 Å². The maximum atomic E-state index is 2.37. The number of hydrogen-bond donors (Lipinski definition) is 0. The second kappa shape index (κ2) is 11.2. The fraction of sp³-hybridized carbons (Fsp3) is 0.345. The van der Waals surface area contributed by atoms with Gasteiger partial charge in [-0.25, -0.2) is 35.6 Å². The zero-order chi connectivity index (χ0) is 20.1. The molecule has 6 rings (SSSR count). The molecule has 2 fully saturated rings. The van der Waals surface area contributed by atoms with Crippen LogP contribution in [-0.4, -0.2) is 0 Å². The van der Waals surface area contributed by atoms with Crippen LogP contribution in [0, 0.1) is 30.1 Å². The Morgan fingerprint density at radius 1 is 0.967 bits per heavy atom. The zero-order valence-electron chi connectivity index (χ0n) is 18.4. The largest absolute Gasteiger partial charge is 3.00 e. The first-order chi connectivity index (χ1) is 14.2. The van der Waals surface area contributed by atoms with Gasteiger partial charge >= 0.3 is 26.2 Å². The third-order valence-corrected chi connectivity index (χ3v) is 6.86. The quantitative estimate of drug-likeness (QED) is 0.339. The van der Waals surface area contributed by atoms with Gasteiger partial charge < -0.3 is 0 Å². The van der Waals surface area contributed by atoms with Gasteiger partial charge in [-0.05, 0) is 24.7 Å². The van der Waals surface area contributed by atoms with E-state index in [0.29, 0.717) is 0 Å². The van der Waals surface area contributed by atoms with E-state index >= 15 is 0 Å². The van der Waals surface area contributed by atoms with Gasteiger partial charge in [0.2, 0.25) is 0 Å². The number of benzene rings is 1. The van der Waals surface area contributed by atoms with E-state index in [4.69, 9.17) is 0 Å². The van der Waals surface area contributed by atoms with Crippen LogP contribution in [0.2, 0.25) is 0 Å². The summed E-state index contributed by atoms with van der Waals surface area (Å²) in [5.74, 6) is 4.19. The summed E-state index contributed by atoms with van der Waals surface area (Å²) in [4.78, 5) is 0. The monoisotopic (exact) mass is 471 g/mol. The Morgan fingerprint density at radius 2 is 1.73 bits per heavy atom. The Hall–Kier alpha value is -1.59. The average molecular weight is 473 g/mol. The van der Waals surface area contributed by atoms with E-state index in [1.165, 1.54) is 42.9 Å². The Balaban J connectivity index is 0.000000127. The van der Waals surface area contributed by atoms with E-state index in [1.54, 1.807) is 17.1 Å². The van der Waals surface area contributed by atoms with E-state index in [1.807, 2.05) is 0 Å². The Morgan fingerprint density at radius 3 is 2.50 bits per heavy atom. The predicted molar refractivity (Wildman–Crippen MR) is 126 cm³/mol. The summed E-state index contributed by atoms with van der Waals surface area (Å²) in [6.45, 7) is 4.63. The normalized spacial score (nSPS) is 25.4. The van der Waals surface area contributed by atoms with Gasteiger partial charge in [-0.2, -0.15) is 17.5 Å². The van der Waals surface area contributed by atoms with Gasteiger partial charge in [0.25, 0.3) is 0 Å². The summed E-state index contributed by atoms with van der Waals surface area (Å²) in [6.07, 6.45) is 22.5. The van der Waals surface area contributed by atoms with Crippen LogP contribution in [0.5, 0.6) is 0 Å². The molecule has 0 N–H and O–H groups in total. The van der Waals surface area contributed by atoms with Crippen molar-refractivity contribution in [3.05, 3.63) is 102 Å². The second-order valence-corrected chi connectivity index (χ2v) is 8.77. The molecule has 1 radical (unpaired) electrons. The molecule has 0 heterocycles. The van der Waals surface area contributed by atoms with Gasteiger partial charge in [-0.3, -0.25) is 0 Å². The molecule has 3 atom stereocenters. The Kier molecular flexibility index (Phi) is 8.58. The third-order valence-electron chi connectivity index (χ3n) is 6.86. The van der Waals surface area contributed by atoms with Crippen LogP contribution in [-0.2, 0) is 26.2 Å². The molecule has 2 aromatic carbocycles. The fourth-order valence-corrected chi connectivity index (χ4v) is 4.98. The molecule has 153 valence electrons. The summed E-state index contributed by atoms with van der Waals surface area (Å²) in [6, 6.07) is 14.7. The van der Waals surface area contributed by atoms with Crippen LogP contribution >= 0.6 is 0 Å². The summed E-state index contributed by atoms with van der Waals surface area (Å²) in [5.41, 5.74) is 3.21. The van der Waals surface area contributed by atoms with Crippen LogP contribution in [0.15, 0.2) is 90.1 Å². The Labute approximate surface area is 202 Å². The zero-order valence-corrected chi connectivity index (χ0v) is 20.8. The maximum Gasteiger partial charge on any atom is 3.00 e. The van der Waals surface area contributed by atoms with Crippen LogP contribution < -0.4 is 0 Å². The van der Waals surface area contributed by atoms with E-state index in [9.17, 15) is 0 Å². The number of rotatable bonds is 0. The number of fused-ring (bicyclic) bond motifs is 3.